The number of hydrogen-bond donors (Lipinski definition) is 0. The first-order chi connectivity index (χ1) is 10.3. The number of rotatable bonds is 2. The van der Waals surface area contributed by atoms with Crippen molar-refractivity contribution in [3.05, 3.63) is 46.6 Å². The number of nitrogens with zero attached hydrogens (tertiary/aromatic N) is 1. The Kier molecular flexibility index (Phi) is 4.96. The topological polar surface area (TPSA) is 38.8 Å². The maximum Gasteiger partial charge on any atom is 0.414 e. The number of allylic oxidation sites excluding steroid dienone is 2. The predicted molar refractivity (Wildman–Crippen MR) is 90.8 cm³/mol. The van der Waals surface area contributed by atoms with Crippen LogP contribution in [0.4, 0.5) is 4.79 Å². The van der Waals surface area contributed by atoms with Gasteiger partial charge in [0.25, 0.3) is 0 Å². The van der Waals surface area contributed by atoms with E-state index in [2.05, 4.69) is 15.9 Å². The minimum absolute atomic E-state index is 0.340. The largest absolute Gasteiger partial charge is 0.496 e. The van der Waals surface area contributed by atoms with Gasteiger partial charge in [0.05, 0.1) is 11.6 Å². The van der Waals surface area contributed by atoms with Gasteiger partial charge in [0.15, 0.2) is 0 Å². The Balaban J connectivity index is 2.09. The van der Waals surface area contributed by atoms with E-state index in [1.54, 1.807) is 18.2 Å². The van der Waals surface area contributed by atoms with E-state index in [4.69, 9.17) is 9.47 Å². The molecule has 0 spiro atoms. The van der Waals surface area contributed by atoms with Crippen molar-refractivity contribution >= 4 is 27.6 Å². The third-order valence-electron chi connectivity index (χ3n) is 3.05. The SMILES string of the molecule is COc1cc(C2=CCN(C(=O)OC(C)(C)C)C=C2)ccc1Br. The van der Waals surface area contributed by atoms with Gasteiger partial charge in [-0.25, -0.2) is 4.79 Å². The Labute approximate surface area is 139 Å². The molecule has 5 heteroatoms. The molecule has 0 aromatic heterocycles. The molecule has 1 aliphatic rings. The maximum absolute atomic E-state index is 12.0. The van der Waals surface area contributed by atoms with Crippen LogP contribution in [0.5, 0.6) is 5.75 Å². The molecule has 2 rings (SSSR count). The predicted octanol–water partition coefficient (Wildman–Crippen LogP) is 4.61. The number of methoxy groups -OCH3 is 1. The molecule has 22 heavy (non-hydrogen) atoms. The quantitative estimate of drug-likeness (QED) is 0.768. The van der Waals surface area contributed by atoms with Gasteiger partial charge in [-0.15, -0.1) is 0 Å². The second-order valence-electron chi connectivity index (χ2n) is 5.96. The summed E-state index contributed by atoms with van der Waals surface area (Å²) in [6.45, 7) is 6.05. The number of ether oxygens (including phenoxy) is 2. The van der Waals surface area contributed by atoms with Gasteiger partial charge in [-0.2, -0.15) is 0 Å². The van der Waals surface area contributed by atoms with Crippen molar-refractivity contribution in [3.8, 4) is 5.75 Å². The molecule has 0 unspecified atom stereocenters. The number of amides is 1. The smallest absolute Gasteiger partial charge is 0.414 e. The van der Waals surface area contributed by atoms with Gasteiger partial charge in [-0.3, -0.25) is 4.90 Å². The van der Waals surface area contributed by atoms with Gasteiger partial charge in [0.1, 0.15) is 11.4 Å². The molecule has 1 aliphatic heterocycles. The lowest BCUT2D eigenvalue weighted by Crippen LogP contribution is -2.34. The van der Waals surface area contributed by atoms with Crippen molar-refractivity contribution in [2.45, 2.75) is 26.4 Å². The van der Waals surface area contributed by atoms with Crippen molar-refractivity contribution in [3.63, 3.8) is 0 Å². The van der Waals surface area contributed by atoms with E-state index in [1.807, 2.05) is 51.1 Å². The van der Waals surface area contributed by atoms with Crippen molar-refractivity contribution in [2.24, 2.45) is 0 Å². The molecule has 0 aliphatic carbocycles. The summed E-state index contributed by atoms with van der Waals surface area (Å²) in [5.41, 5.74) is 1.60. The van der Waals surface area contributed by atoms with Crippen LogP contribution in [-0.4, -0.2) is 30.2 Å². The van der Waals surface area contributed by atoms with E-state index in [-0.39, 0.29) is 6.09 Å². The number of halogens is 1. The second-order valence-corrected chi connectivity index (χ2v) is 6.81. The van der Waals surface area contributed by atoms with E-state index in [0.717, 1.165) is 21.4 Å². The van der Waals surface area contributed by atoms with Crippen LogP contribution in [0.2, 0.25) is 0 Å². The zero-order valence-corrected chi connectivity index (χ0v) is 14.8. The molecular formula is C17H20BrNO3. The zero-order valence-electron chi connectivity index (χ0n) is 13.2. The highest BCUT2D eigenvalue weighted by atomic mass is 79.9. The number of carbonyl (C=O) groups is 1. The molecule has 0 saturated heterocycles. The molecule has 0 fully saturated rings. The molecule has 1 aromatic rings. The van der Waals surface area contributed by atoms with E-state index < -0.39 is 5.60 Å². The fraction of sp³-hybridized carbons (Fsp3) is 0.353. The Hall–Kier alpha value is -1.75. The van der Waals surface area contributed by atoms with E-state index in [1.165, 1.54) is 0 Å². The van der Waals surface area contributed by atoms with Crippen molar-refractivity contribution in [1.29, 1.82) is 0 Å². The van der Waals surface area contributed by atoms with Crippen LogP contribution >= 0.6 is 15.9 Å². The highest BCUT2D eigenvalue weighted by molar-refractivity contribution is 9.10. The molecule has 0 bridgehead atoms. The van der Waals surface area contributed by atoms with Crippen LogP contribution < -0.4 is 4.74 Å². The summed E-state index contributed by atoms with van der Waals surface area (Å²) < 4.78 is 11.6. The Morgan fingerprint density at radius 1 is 1.32 bits per heavy atom. The molecule has 0 atom stereocenters. The normalized spacial score (nSPS) is 14.6. The van der Waals surface area contributed by atoms with Crippen LogP contribution in [0.15, 0.2) is 41.0 Å². The van der Waals surface area contributed by atoms with Crippen LogP contribution in [-0.2, 0) is 4.74 Å². The van der Waals surface area contributed by atoms with Gasteiger partial charge < -0.3 is 9.47 Å². The van der Waals surface area contributed by atoms with Crippen molar-refractivity contribution in [1.82, 2.24) is 4.90 Å². The molecule has 0 saturated carbocycles. The van der Waals surface area contributed by atoms with E-state index in [9.17, 15) is 4.79 Å². The first kappa shape index (κ1) is 16.6. The van der Waals surface area contributed by atoms with E-state index in [0.29, 0.717) is 6.54 Å². The third-order valence-corrected chi connectivity index (χ3v) is 3.71. The van der Waals surface area contributed by atoms with Crippen LogP contribution in [0, 0.1) is 0 Å². The number of hydrogen-bond acceptors (Lipinski definition) is 3. The second kappa shape index (κ2) is 6.57. The summed E-state index contributed by atoms with van der Waals surface area (Å²) in [7, 11) is 1.64. The minimum Gasteiger partial charge on any atom is -0.496 e. The molecule has 1 amide bonds. The summed E-state index contributed by atoms with van der Waals surface area (Å²) in [4.78, 5) is 13.5. The molecule has 1 heterocycles. The summed E-state index contributed by atoms with van der Waals surface area (Å²) in [5.74, 6) is 0.779. The van der Waals surface area contributed by atoms with Gasteiger partial charge in [0.2, 0.25) is 0 Å². The maximum atomic E-state index is 12.0. The molecule has 0 radical (unpaired) electrons. The van der Waals surface area contributed by atoms with Crippen LogP contribution in [0.1, 0.15) is 26.3 Å². The molecule has 4 nitrogen and oxygen atoms in total. The molecular weight excluding hydrogens is 346 g/mol. The van der Waals surface area contributed by atoms with Gasteiger partial charge in [-0.05, 0) is 66.0 Å². The minimum atomic E-state index is -0.492. The highest BCUT2D eigenvalue weighted by Gasteiger charge is 2.21. The standard InChI is InChI=1S/C17H20BrNO3/c1-17(2,3)22-16(20)19-9-7-12(8-10-19)13-5-6-14(18)15(11-13)21-4/h5-9,11H,10H2,1-4H3. The fourth-order valence-corrected chi connectivity index (χ4v) is 2.41. The Morgan fingerprint density at radius 2 is 2.05 bits per heavy atom. The van der Waals surface area contributed by atoms with Crippen LogP contribution in [0.3, 0.4) is 0 Å². The van der Waals surface area contributed by atoms with Gasteiger partial charge in [-0.1, -0.05) is 12.1 Å². The number of carbonyl (C=O) groups excluding carboxylic acids is 1. The first-order valence-electron chi connectivity index (χ1n) is 7.02. The first-order valence-corrected chi connectivity index (χ1v) is 7.81. The lowest BCUT2D eigenvalue weighted by atomic mass is 10.0. The summed E-state index contributed by atoms with van der Waals surface area (Å²) in [5, 5.41) is 0. The monoisotopic (exact) mass is 365 g/mol. The van der Waals surface area contributed by atoms with Crippen molar-refractivity contribution < 1.29 is 14.3 Å². The summed E-state index contributed by atoms with van der Waals surface area (Å²) in [6.07, 6.45) is 5.30. The molecule has 118 valence electrons. The number of benzene rings is 1. The molecule has 1 aromatic carbocycles. The van der Waals surface area contributed by atoms with Gasteiger partial charge in [0, 0.05) is 12.7 Å². The van der Waals surface area contributed by atoms with E-state index >= 15 is 0 Å². The Morgan fingerprint density at radius 3 is 2.59 bits per heavy atom. The average Bonchev–Trinajstić information content (AvgIpc) is 2.46. The third kappa shape index (κ3) is 4.13. The Bertz CT molecular complexity index is 629. The molecule has 0 N–H and O–H groups in total. The lowest BCUT2D eigenvalue weighted by Gasteiger charge is -2.26. The average molecular weight is 366 g/mol. The summed E-state index contributed by atoms with van der Waals surface area (Å²) >= 11 is 3.44. The zero-order chi connectivity index (χ0) is 16.3. The van der Waals surface area contributed by atoms with Crippen molar-refractivity contribution in [2.75, 3.05) is 13.7 Å². The fourth-order valence-electron chi connectivity index (χ4n) is 2.01. The van der Waals surface area contributed by atoms with Gasteiger partial charge >= 0.3 is 6.09 Å². The lowest BCUT2D eigenvalue weighted by molar-refractivity contribution is 0.0351. The summed E-state index contributed by atoms with van der Waals surface area (Å²) in [6, 6.07) is 5.92. The highest BCUT2D eigenvalue weighted by Crippen LogP contribution is 2.30. The van der Waals surface area contributed by atoms with Crippen LogP contribution in [0.25, 0.3) is 5.57 Å².